The van der Waals surface area contributed by atoms with E-state index < -0.39 is 0 Å². The number of anilines is 1. The van der Waals surface area contributed by atoms with Gasteiger partial charge in [-0.2, -0.15) is 0 Å². The molecule has 128 valence electrons. The quantitative estimate of drug-likeness (QED) is 0.779. The zero-order valence-electron chi connectivity index (χ0n) is 14.6. The second-order valence-corrected chi connectivity index (χ2v) is 6.76. The minimum absolute atomic E-state index is 0.779. The molecule has 0 bridgehead atoms. The molecule has 0 radical (unpaired) electrons. The number of rotatable bonds is 6. The third kappa shape index (κ3) is 5.36. The number of ether oxygens (including phenoxy) is 1. The van der Waals surface area contributed by atoms with Crippen molar-refractivity contribution in [2.75, 3.05) is 39.1 Å². The van der Waals surface area contributed by atoms with Crippen LogP contribution in [0.3, 0.4) is 0 Å². The summed E-state index contributed by atoms with van der Waals surface area (Å²) in [6, 6.07) is 8.68. The third-order valence-corrected chi connectivity index (χ3v) is 5.11. The molecule has 1 aromatic rings. The van der Waals surface area contributed by atoms with Crippen molar-refractivity contribution in [3.8, 4) is 5.75 Å². The van der Waals surface area contributed by atoms with E-state index >= 15 is 0 Å². The lowest BCUT2D eigenvalue weighted by Gasteiger charge is -2.36. The number of likely N-dealkylation sites (tertiary alicyclic amines) is 1. The lowest BCUT2D eigenvalue weighted by Crippen LogP contribution is -3.13. The number of hydrogen-bond donors (Lipinski definition) is 2. The molecular weight excluding hydrogens is 306 g/mol. The van der Waals surface area contributed by atoms with E-state index in [4.69, 9.17) is 17.0 Å². The molecule has 0 aromatic heterocycles. The summed E-state index contributed by atoms with van der Waals surface area (Å²) in [5, 5.41) is 4.17. The number of unbranched alkanes of at least 4 members (excludes halogenated alkanes) is 1. The molecule has 2 rings (SSSR count). The summed E-state index contributed by atoms with van der Waals surface area (Å²) >= 11 is 5.57. The van der Waals surface area contributed by atoms with Gasteiger partial charge in [0.15, 0.2) is 5.11 Å². The molecule has 1 saturated heterocycles. The van der Waals surface area contributed by atoms with Gasteiger partial charge in [-0.1, -0.05) is 13.3 Å². The van der Waals surface area contributed by atoms with Gasteiger partial charge in [-0.15, -0.1) is 0 Å². The van der Waals surface area contributed by atoms with Crippen LogP contribution in [0.15, 0.2) is 24.3 Å². The molecule has 0 aliphatic carbocycles. The largest absolute Gasteiger partial charge is 0.497 e. The summed E-state index contributed by atoms with van der Waals surface area (Å²) < 4.78 is 5.18. The van der Waals surface area contributed by atoms with Crippen molar-refractivity contribution < 1.29 is 9.64 Å². The van der Waals surface area contributed by atoms with Crippen LogP contribution in [0.4, 0.5) is 5.69 Å². The van der Waals surface area contributed by atoms with E-state index in [1.807, 2.05) is 24.3 Å². The van der Waals surface area contributed by atoms with Crippen molar-refractivity contribution in [3.63, 3.8) is 0 Å². The van der Waals surface area contributed by atoms with Gasteiger partial charge in [-0.25, -0.2) is 0 Å². The molecule has 0 spiro atoms. The van der Waals surface area contributed by atoms with E-state index in [1.54, 1.807) is 12.0 Å². The molecule has 1 unspecified atom stereocenters. The normalized spacial score (nSPS) is 16.9. The van der Waals surface area contributed by atoms with Gasteiger partial charge >= 0.3 is 0 Å². The number of nitrogens with one attached hydrogen (secondary N) is 2. The number of nitrogens with zero attached hydrogens (tertiary/aromatic N) is 1. The topological polar surface area (TPSA) is 28.9 Å². The lowest BCUT2D eigenvalue weighted by atomic mass is 10.0. The molecule has 23 heavy (non-hydrogen) atoms. The average molecular weight is 337 g/mol. The maximum atomic E-state index is 5.57. The SMILES string of the molecule is CCCC[NH+](C)C1CCN(C(=S)Nc2ccc(OC)cc2)CC1. The highest BCUT2D eigenvalue weighted by molar-refractivity contribution is 7.80. The van der Waals surface area contributed by atoms with Crippen LogP contribution >= 0.6 is 12.2 Å². The van der Waals surface area contributed by atoms with Crippen LogP contribution < -0.4 is 15.0 Å². The number of hydrogen-bond acceptors (Lipinski definition) is 2. The lowest BCUT2D eigenvalue weighted by molar-refractivity contribution is -0.907. The van der Waals surface area contributed by atoms with Gasteiger partial charge in [0.05, 0.1) is 26.7 Å². The highest BCUT2D eigenvalue weighted by Gasteiger charge is 2.26. The Bertz CT molecular complexity index is 484. The Morgan fingerprint density at radius 1 is 1.30 bits per heavy atom. The second-order valence-electron chi connectivity index (χ2n) is 6.37. The van der Waals surface area contributed by atoms with E-state index in [9.17, 15) is 0 Å². The molecule has 1 aromatic carbocycles. The number of benzene rings is 1. The smallest absolute Gasteiger partial charge is 0.173 e. The maximum absolute atomic E-state index is 5.57. The molecule has 1 heterocycles. The van der Waals surface area contributed by atoms with E-state index in [-0.39, 0.29) is 0 Å². The van der Waals surface area contributed by atoms with Crippen LogP contribution in [0.25, 0.3) is 0 Å². The predicted molar refractivity (Wildman–Crippen MR) is 100 cm³/mol. The van der Waals surface area contributed by atoms with Gasteiger partial charge in [-0.05, 0) is 42.9 Å². The molecule has 1 aliphatic heterocycles. The van der Waals surface area contributed by atoms with E-state index in [2.05, 4.69) is 24.2 Å². The Morgan fingerprint density at radius 3 is 2.52 bits per heavy atom. The molecule has 2 N–H and O–H groups in total. The van der Waals surface area contributed by atoms with Crippen molar-refractivity contribution in [1.82, 2.24) is 4.90 Å². The summed E-state index contributed by atoms with van der Waals surface area (Å²) in [6.45, 7) is 5.65. The molecule has 1 atom stereocenters. The number of quaternary nitrogens is 1. The molecule has 1 aliphatic rings. The van der Waals surface area contributed by atoms with Crippen LogP contribution in [0.1, 0.15) is 32.6 Å². The summed E-state index contributed by atoms with van der Waals surface area (Å²) in [5.41, 5.74) is 1.02. The van der Waals surface area contributed by atoms with E-state index in [1.165, 1.54) is 32.2 Å². The second kappa shape index (κ2) is 9.08. The molecule has 0 amide bonds. The first-order valence-electron chi connectivity index (χ1n) is 8.66. The fourth-order valence-electron chi connectivity index (χ4n) is 3.11. The van der Waals surface area contributed by atoms with Crippen molar-refractivity contribution in [2.24, 2.45) is 0 Å². The minimum Gasteiger partial charge on any atom is -0.497 e. The van der Waals surface area contributed by atoms with Gasteiger partial charge in [0.2, 0.25) is 0 Å². The Kier molecular flexibility index (Phi) is 7.12. The predicted octanol–water partition coefficient (Wildman–Crippen LogP) is 2.17. The standard InChI is InChI=1S/C18H29N3OS/c1-4-5-12-20(2)16-10-13-21(14-11-16)18(23)19-15-6-8-17(22-3)9-7-15/h6-9,16H,4-5,10-14H2,1-3H3,(H,19,23)/p+1. The summed E-state index contributed by atoms with van der Waals surface area (Å²) in [7, 11) is 4.01. The fraction of sp³-hybridized carbons (Fsp3) is 0.611. The van der Waals surface area contributed by atoms with Crippen LogP contribution in [0.5, 0.6) is 5.75 Å². The van der Waals surface area contributed by atoms with Crippen molar-refractivity contribution >= 4 is 23.0 Å². The van der Waals surface area contributed by atoms with Crippen molar-refractivity contribution in [2.45, 2.75) is 38.6 Å². The number of methoxy groups -OCH3 is 1. The molecule has 5 heteroatoms. The van der Waals surface area contributed by atoms with Gasteiger partial charge < -0.3 is 19.9 Å². The first kappa shape index (κ1) is 18.0. The summed E-state index contributed by atoms with van der Waals surface area (Å²) in [5.74, 6) is 0.861. The van der Waals surface area contributed by atoms with Crippen LogP contribution in [-0.4, -0.2) is 49.8 Å². The van der Waals surface area contributed by atoms with E-state index in [0.29, 0.717) is 0 Å². The highest BCUT2D eigenvalue weighted by atomic mass is 32.1. The minimum atomic E-state index is 0.779. The van der Waals surface area contributed by atoms with Crippen molar-refractivity contribution in [3.05, 3.63) is 24.3 Å². The van der Waals surface area contributed by atoms with Crippen molar-refractivity contribution in [1.29, 1.82) is 0 Å². The Balaban J connectivity index is 1.78. The zero-order valence-corrected chi connectivity index (χ0v) is 15.4. The van der Waals surface area contributed by atoms with Gasteiger partial charge in [0.25, 0.3) is 0 Å². The highest BCUT2D eigenvalue weighted by Crippen LogP contribution is 2.16. The Hall–Kier alpha value is -1.33. The van der Waals surface area contributed by atoms with Gasteiger partial charge in [0, 0.05) is 31.6 Å². The Morgan fingerprint density at radius 2 is 1.96 bits per heavy atom. The third-order valence-electron chi connectivity index (χ3n) is 4.75. The fourth-order valence-corrected chi connectivity index (χ4v) is 3.41. The monoisotopic (exact) mass is 336 g/mol. The molecule has 4 nitrogen and oxygen atoms in total. The first-order valence-corrected chi connectivity index (χ1v) is 9.07. The van der Waals surface area contributed by atoms with E-state index in [0.717, 1.165) is 35.7 Å². The number of thiocarbonyl (C=S) groups is 1. The molecular formula is C18H30N3OS+. The van der Waals surface area contributed by atoms with Crippen LogP contribution in [-0.2, 0) is 0 Å². The molecule has 0 saturated carbocycles. The summed E-state index contributed by atoms with van der Waals surface area (Å²) in [4.78, 5) is 3.98. The van der Waals surface area contributed by atoms with Gasteiger partial charge in [0.1, 0.15) is 5.75 Å². The molecule has 1 fully saturated rings. The van der Waals surface area contributed by atoms with Crippen LogP contribution in [0.2, 0.25) is 0 Å². The zero-order chi connectivity index (χ0) is 16.7. The average Bonchev–Trinajstić information content (AvgIpc) is 2.60. The number of piperidine rings is 1. The van der Waals surface area contributed by atoms with Gasteiger partial charge in [-0.3, -0.25) is 0 Å². The van der Waals surface area contributed by atoms with Crippen LogP contribution in [0, 0.1) is 0 Å². The maximum Gasteiger partial charge on any atom is 0.173 e. The first-order chi connectivity index (χ1) is 11.1. The Labute approximate surface area is 145 Å². The summed E-state index contributed by atoms with van der Waals surface area (Å²) in [6.07, 6.45) is 5.05.